The van der Waals surface area contributed by atoms with Gasteiger partial charge in [-0.2, -0.15) is 18.3 Å². The van der Waals surface area contributed by atoms with Gasteiger partial charge in [0.15, 0.2) is 0 Å². The summed E-state index contributed by atoms with van der Waals surface area (Å²) in [5.74, 6) is -0.982. The molecule has 0 saturated heterocycles. The van der Waals surface area contributed by atoms with Crippen molar-refractivity contribution in [2.24, 2.45) is 0 Å². The van der Waals surface area contributed by atoms with Crippen molar-refractivity contribution in [2.45, 2.75) is 19.1 Å². The lowest BCUT2D eigenvalue weighted by atomic mass is 9.99. The highest BCUT2D eigenvalue weighted by Gasteiger charge is 2.34. The number of aromatic nitrogens is 2. The fourth-order valence-electron chi connectivity index (χ4n) is 4.39. The first-order valence-corrected chi connectivity index (χ1v) is 11.3. The minimum absolute atomic E-state index is 0.0782. The molecule has 7 heteroatoms. The highest BCUT2D eigenvalue weighted by Crippen LogP contribution is 2.38. The van der Waals surface area contributed by atoms with E-state index in [9.17, 15) is 23.1 Å². The number of carbonyl (C=O) groups is 1. The van der Waals surface area contributed by atoms with E-state index in [4.69, 9.17) is 0 Å². The monoisotopic (exact) mass is 486 g/mol. The standard InChI is InChI=1S/C29H21F3N2O2/c30-29(31,32)25-11-5-10-24-26(25)33-34(18-20-6-2-1-3-7-20)27(24)22-14-12-19(13-15-22)16-21-8-4-9-23(17-21)28(35)36/h1-15,17H,16,18H2,(H,35,36). The SMILES string of the molecule is O=C(O)c1cccc(Cc2ccc(-c3c4cccc(C(F)(F)F)c4nn3Cc3ccccc3)cc2)c1. The molecule has 0 fully saturated rings. The van der Waals surface area contributed by atoms with Crippen LogP contribution >= 0.6 is 0 Å². The van der Waals surface area contributed by atoms with Crippen molar-refractivity contribution in [1.29, 1.82) is 0 Å². The molecule has 0 bridgehead atoms. The van der Waals surface area contributed by atoms with E-state index in [1.807, 2.05) is 60.7 Å². The first kappa shape index (κ1) is 23.4. The van der Waals surface area contributed by atoms with Crippen LogP contribution in [0.3, 0.4) is 0 Å². The Morgan fingerprint density at radius 3 is 2.19 bits per heavy atom. The van der Waals surface area contributed by atoms with Crippen LogP contribution in [0.5, 0.6) is 0 Å². The van der Waals surface area contributed by atoms with Gasteiger partial charge in [0.2, 0.25) is 0 Å². The second-order valence-corrected chi connectivity index (χ2v) is 8.57. The summed E-state index contributed by atoms with van der Waals surface area (Å²) in [4.78, 5) is 11.3. The number of fused-ring (bicyclic) bond motifs is 1. The number of halogens is 3. The van der Waals surface area contributed by atoms with Gasteiger partial charge >= 0.3 is 12.1 Å². The predicted octanol–water partition coefficient (Wildman–Crippen LogP) is 7.06. The maximum absolute atomic E-state index is 13.7. The first-order valence-electron chi connectivity index (χ1n) is 11.3. The molecular weight excluding hydrogens is 465 g/mol. The molecule has 4 nitrogen and oxygen atoms in total. The first-order chi connectivity index (χ1) is 17.3. The second-order valence-electron chi connectivity index (χ2n) is 8.57. The molecule has 0 spiro atoms. The maximum atomic E-state index is 13.7. The fraction of sp³-hybridized carbons (Fsp3) is 0.103. The number of nitrogens with zero attached hydrogens (tertiary/aromatic N) is 2. The van der Waals surface area contributed by atoms with Gasteiger partial charge in [0.1, 0.15) is 5.52 Å². The number of hydrogen-bond acceptors (Lipinski definition) is 2. The molecule has 0 aliphatic rings. The number of aromatic carboxylic acids is 1. The topological polar surface area (TPSA) is 55.1 Å². The van der Waals surface area contributed by atoms with E-state index in [1.165, 1.54) is 6.07 Å². The maximum Gasteiger partial charge on any atom is 0.418 e. The Kier molecular flexibility index (Phi) is 6.06. The van der Waals surface area contributed by atoms with Crippen molar-refractivity contribution in [2.75, 3.05) is 0 Å². The Morgan fingerprint density at radius 1 is 0.806 bits per heavy atom. The zero-order chi connectivity index (χ0) is 25.3. The van der Waals surface area contributed by atoms with E-state index in [1.54, 1.807) is 28.9 Å². The molecule has 180 valence electrons. The molecule has 1 N–H and O–H groups in total. The molecule has 0 saturated carbocycles. The third-order valence-electron chi connectivity index (χ3n) is 6.06. The van der Waals surface area contributed by atoms with Crippen LogP contribution < -0.4 is 0 Å². The summed E-state index contributed by atoms with van der Waals surface area (Å²) < 4.78 is 42.8. The predicted molar refractivity (Wildman–Crippen MR) is 132 cm³/mol. The highest BCUT2D eigenvalue weighted by atomic mass is 19.4. The molecule has 0 unspecified atom stereocenters. The van der Waals surface area contributed by atoms with E-state index >= 15 is 0 Å². The van der Waals surface area contributed by atoms with Crippen LogP contribution in [-0.4, -0.2) is 20.9 Å². The molecule has 1 aromatic heterocycles. The zero-order valence-electron chi connectivity index (χ0n) is 19.0. The third-order valence-corrected chi connectivity index (χ3v) is 6.06. The van der Waals surface area contributed by atoms with Crippen molar-refractivity contribution in [1.82, 2.24) is 9.78 Å². The van der Waals surface area contributed by atoms with Crippen molar-refractivity contribution in [3.05, 3.63) is 125 Å². The highest BCUT2D eigenvalue weighted by molar-refractivity contribution is 5.95. The van der Waals surface area contributed by atoms with Gasteiger partial charge in [-0.05, 0) is 41.3 Å². The van der Waals surface area contributed by atoms with Crippen molar-refractivity contribution < 1.29 is 23.1 Å². The fourth-order valence-corrected chi connectivity index (χ4v) is 4.39. The second kappa shape index (κ2) is 9.34. The summed E-state index contributed by atoms with van der Waals surface area (Å²) in [6.45, 7) is 0.325. The van der Waals surface area contributed by atoms with Gasteiger partial charge in [-0.15, -0.1) is 0 Å². The number of carboxylic acid groups (broad SMARTS) is 1. The van der Waals surface area contributed by atoms with Gasteiger partial charge in [-0.3, -0.25) is 4.68 Å². The number of rotatable bonds is 6. The minimum Gasteiger partial charge on any atom is -0.478 e. The lowest BCUT2D eigenvalue weighted by Crippen LogP contribution is -2.06. The normalized spacial score (nSPS) is 11.6. The Morgan fingerprint density at radius 2 is 1.50 bits per heavy atom. The minimum atomic E-state index is -4.52. The van der Waals surface area contributed by atoms with Gasteiger partial charge in [0.25, 0.3) is 0 Å². The van der Waals surface area contributed by atoms with Crippen LogP contribution in [0.25, 0.3) is 22.2 Å². The lowest BCUT2D eigenvalue weighted by Gasteiger charge is -2.10. The number of benzene rings is 4. The van der Waals surface area contributed by atoms with Gasteiger partial charge in [0, 0.05) is 10.9 Å². The van der Waals surface area contributed by atoms with Gasteiger partial charge in [-0.1, -0.05) is 78.9 Å². The number of carboxylic acids is 1. The Hall–Kier alpha value is -4.39. The summed E-state index contributed by atoms with van der Waals surface area (Å²) in [5, 5.41) is 14.1. The molecule has 5 rings (SSSR count). The van der Waals surface area contributed by atoms with Crippen molar-refractivity contribution in [3.63, 3.8) is 0 Å². The largest absolute Gasteiger partial charge is 0.478 e. The van der Waals surface area contributed by atoms with Crippen LogP contribution in [0.4, 0.5) is 13.2 Å². The average molecular weight is 486 g/mol. The van der Waals surface area contributed by atoms with Crippen molar-refractivity contribution >= 4 is 16.9 Å². The quantitative estimate of drug-likeness (QED) is 0.280. The summed E-state index contributed by atoms with van der Waals surface area (Å²) in [6.07, 6.45) is -3.99. The Labute approximate surface area is 205 Å². The van der Waals surface area contributed by atoms with Crippen LogP contribution in [0.2, 0.25) is 0 Å². The molecule has 0 aliphatic carbocycles. The molecule has 4 aromatic carbocycles. The number of alkyl halides is 3. The van der Waals surface area contributed by atoms with Crippen LogP contribution in [-0.2, 0) is 19.1 Å². The summed E-state index contributed by atoms with van der Waals surface area (Å²) in [6, 6.07) is 27.9. The summed E-state index contributed by atoms with van der Waals surface area (Å²) in [7, 11) is 0. The van der Waals surface area contributed by atoms with E-state index in [2.05, 4.69) is 5.10 Å². The molecule has 0 radical (unpaired) electrons. The van der Waals surface area contributed by atoms with E-state index in [0.717, 1.165) is 28.3 Å². The van der Waals surface area contributed by atoms with E-state index in [-0.39, 0.29) is 11.1 Å². The third kappa shape index (κ3) is 4.73. The molecule has 0 aliphatic heterocycles. The molecule has 36 heavy (non-hydrogen) atoms. The average Bonchev–Trinajstić information content (AvgIpc) is 3.22. The molecule has 1 heterocycles. The van der Waals surface area contributed by atoms with E-state index in [0.29, 0.717) is 24.0 Å². The summed E-state index contributed by atoms with van der Waals surface area (Å²) >= 11 is 0. The molecule has 5 aromatic rings. The summed E-state index contributed by atoms with van der Waals surface area (Å²) in [5.41, 5.74) is 3.48. The van der Waals surface area contributed by atoms with Crippen LogP contribution in [0, 0.1) is 0 Å². The van der Waals surface area contributed by atoms with Gasteiger partial charge < -0.3 is 5.11 Å². The zero-order valence-corrected chi connectivity index (χ0v) is 19.0. The van der Waals surface area contributed by atoms with Gasteiger partial charge in [0.05, 0.1) is 23.4 Å². The van der Waals surface area contributed by atoms with Crippen LogP contribution in [0.1, 0.15) is 32.6 Å². The van der Waals surface area contributed by atoms with Gasteiger partial charge in [-0.25, -0.2) is 4.79 Å². The lowest BCUT2D eigenvalue weighted by molar-refractivity contribution is -0.136. The Bertz CT molecular complexity index is 1540. The Balaban J connectivity index is 1.56. The smallest absolute Gasteiger partial charge is 0.418 e. The van der Waals surface area contributed by atoms with Crippen LogP contribution in [0.15, 0.2) is 97.1 Å². The molecule has 0 amide bonds. The molecule has 0 atom stereocenters. The van der Waals surface area contributed by atoms with Crippen molar-refractivity contribution in [3.8, 4) is 11.3 Å². The molecular formula is C29H21F3N2O2. The number of hydrogen-bond donors (Lipinski definition) is 1. The van der Waals surface area contributed by atoms with E-state index < -0.39 is 17.7 Å².